The largest absolute Gasteiger partial charge is 0.368 e. The van der Waals surface area contributed by atoms with Gasteiger partial charge in [0.2, 0.25) is 5.91 Å². The Hall–Kier alpha value is -2.14. The lowest BCUT2D eigenvalue weighted by Gasteiger charge is -2.33. The standard InChI is InChI=1S/C20H27N3O2/c1-3-16(15-9-6-5-7-10-15)20(24)22-17-11-8-14-25-18(17)19-21-12-13-23(19)4-2/h5-7,9-10,12-13,16-18H,3-4,8,11,14H2,1-2H3,(H,22,24)/t16?,17-,18-/m0/s1. The van der Waals surface area contributed by atoms with Crippen LogP contribution in [-0.2, 0) is 16.1 Å². The summed E-state index contributed by atoms with van der Waals surface area (Å²) >= 11 is 0. The van der Waals surface area contributed by atoms with Gasteiger partial charge in [0.05, 0.1) is 12.0 Å². The number of aromatic nitrogens is 2. The molecule has 5 nitrogen and oxygen atoms in total. The smallest absolute Gasteiger partial charge is 0.227 e. The molecule has 1 amide bonds. The molecule has 0 bridgehead atoms. The van der Waals surface area contributed by atoms with Gasteiger partial charge >= 0.3 is 0 Å². The van der Waals surface area contributed by atoms with Crippen LogP contribution in [0.1, 0.15) is 56.5 Å². The number of carbonyl (C=O) groups is 1. The maximum absolute atomic E-state index is 12.9. The number of rotatable bonds is 6. The topological polar surface area (TPSA) is 56.1 Å². The van der Waals surface area contributed by atoms with Gasteiger partial charge in [-0.25, -0.2) is 4.98 Å². The van der Waals surface area contributed by atoms with Crippen LogP contribution in [0.3, 0.4) is 0 Å². The Balaban J connectivity index is 1.76. The van der Waals surface area contributed by atoms with Crippen molar-refractivity contribution < 1.29 is 9.53 Å². The van der Waals surface area contributed by atoms with Crippen LogP contribution in [0.2, 0.25) is 0 Å². The molecule has 0 saturated carbocycles. The maximum atomic E-state index is 12.9. The Morgan fingerprint density at radius 2 is 2.16 bits per heavy atom. The van der Waals surface area contributed by atoms with Gasteiger partial charge in [0.15, 0.2) is 0 Å². The first-order valence-electron chi connectivity index (χ1n) is 9.22. The van der Waals surface area contributed by atoms with Gasteiger partial charge in [-0.3, -0.25) is 4.79 Å². The predicted octanol–water partition coefficient (Wildman–Crippen LogP) is 3.43. The Morgan fingerprint density at radius 1 is 1.36 bits per heavy atom. The average molecular weight is 341 g/mol. The summed E-state index contributed by atoms with van der Waals surface area (Å²) in [4.78, 5) is 17.4. The molecule has 134 valence electrons. The van der Waals surface area contributed by atoms with Gasteiger partial charge in [0, 0.05) is 25.5 Å². The molecule has 1 saturated heterocycles. The molecular weight excluding hydrogens is 314 g/mol. The molecular formula is C20H27N3O2. The molecule has 1 aromatic carbocycles. The van der Waals surface area contributed by atoms with Gasteiger partial charge in [-0.2, -0.15) is 0 Å². The fourth-order valence-corrected chi connectivity index (χ4v) is 3.57. The minimum atomic E-state index is -0.180. The quantitative estimate of drug-likeness (QED) is 0.876. The minimum Gasteiger partial charge on any atom is -0.368 e. The van der Waals surface area contributed by atoms with E-state index < -0.39 is 0 Å². The molecule has 3 atom stereocenters. The lowest BCUT2D eigenvalue weighted by molar-refractivity contribution is -0.125. The molecule has 2 aromatic rings. The summed E-state index contributed by atoms with van der Waals surface area (Å²) in [7, 11) is 0. The van der Waals surface area contributed by atoms with Crippen LogP contribution >= 0.6 is 0 Å². The fourth-order valence-electron chi connectivity index (χ4n) is 3.57. The van der Waals surface area contributed by atoms with Crippen molar-refractivity contribution in [2.75, 3.05) is 6.61 Å². The first-order valence-corrected chi connectivity index (χ1v) is 9.22. The second-order valence-corrected chi connectivity index (χ2v) is 6.49. The highest BCUT2D eigenvalue weighted by Crippen LogP contribution is 2.29. The molecule has 0 spiro atoms. The van der Waals surface area contributed by atoms with Gasteiger partial charge in [-0.05, 0) is 31.7 Å². The van der Waals surface area contributed by atoms with Crippen LogP contribution in [0.15, 0.2) is 42.7 Å². The highest BCUT2D eigenvalue weighted by Gasteiger charge is 2.33. The summed E-state index contributed by atoms with van der Waals surface area (Å²) in [5.41, 5.74) is 1.06. The van der Waals surface area contributed by atoms with Gasteiger partial charge in [-0.15, -0.1) is 0 Å². The van der Waals surface area contributed by atoms with Gasteiger partial charge in [-0.1, -0.05) is 37.3 Å². The van der Waals surface area contributed by atoms with E-state index in [1.54, 1.807) is 6.20 Å². The number of ether oxygens (including phenoxy) is 1. The Bertz CT molecular complexity index is 683. The van der Waals surface area contributed by atoms with E-state index in [1.165, 1.54) is 0 Å². The van der Waals surface area contributed by atoms with Crippen molar-refractivity contribution in [1.82, 2.24) is 14.9 Å². The number of benzene rings is 1. The first-order chi connectivity index (χ1) is 12.2. The lowest BCUT2D eigenvalue weighted by atomic mass is 9.94. The zero-order chi connectivity index (χ0) is 17.6. The van der Waals surface area contributed by atoms with Gasteiger partial charge in [0.1, 0.15) is 11.9 Å². The zero-order valence-corrected chi connectivity index (χ0v) is 15.0. The monoisotopic (exact) mass is 341 g/mol. The number of hydrogen-bond donors (Lipinski definition) is 1. The van der Waals surface area contributed by atoms with E-state index in [2.05, 4.69) is 28.7 Å². The fraction of sp³-hybridized carbons (Fsp3) is 0.500. The van der Waals surface area contributed by atoms with E-state index in [9.17, 15) is 4.79 Å². The summed E-state index contributed by atoms with van der Waals surface area (Å²) in [6, 6.07) is 9.94. The van der Waals surface area contributed by atoms with Crippen molar-refractivity contribution in [1.29, 1.82) is 0 Å². The molecule has 0 radical (unpaired) electrons. The van der Waals surface area contributed by atoms with E-state index in [0.29, 0.717) is 6.61 Å². The molecule has 1 aliphatic heterocycles. The third kappa shape index (κ3) is 3.93. The van der Waals surface area contributed by atoms with Crippen LogP contribution in [-0.4, -0.2) is 28.1 Å². The Labute approximate surface area is 149 Å². The molecule has 1 aliphatic rings. The van der Waals surface area contributed by atoms with Gasteiger partial charge in [0.25, 0.3) is 0 Å². The highest BCUT2D eigenvalue weighted by molar-refractivity contribution is 5.83. The summed E-state index contributed by atoms with van der Waals surface area (Å²) in [5, 5.41) is 3.24. The number of carbonyl (C=O) groups excluding carboxylic acids is 1. The maximum Gasteiger partial charge on any atom is 0.227 e. The second-order valence-electron chi connectivity index (χ2n) is 6.49. The number of aryl methyl sites for hydroxylation is 1. The molecule has 25 heavy (non-hydrogen) atoms. The predicted molar refractivity (Wildman–Crippen MR) is 97.2 cm³/mol. The minimum absolute atomic E-state index is 0.0355. The van der Waals surface area contributed by atoms with Crippen LogP contribution in [0, 0.1) is 0 Å². The molecule has 3 rings (SSSR count). The van der Waals surface area contributed by atoms with Crippen LogP contribution in [0.5, 0.6) is 0 Å². The molecule has 1 N–H and O–H groups in total. The Morgan fingerprint density at radius 3 is 2.88 bits per heavy atom. The second kappa shape index (κ2) is 8.30. The van der Waals surface area contributed by atoms with Crippen molar-refractivity contribution in [3.63, 3.8) is 0 Å². The van der Waals surface area contributed by atoms with E-state index in [1.807, 2.05) is 36.5 Å². The van der Waals surface area contributed by atoms with Crippen molar-refractivity contribution in [3.8, 4) is 0 Å². The van der Waals surface area contributed by atoms with Gasteiger partial charge < -0.3 is 14.6 Å². The van der Waals surface area contributed by atoms with Crippen LogP contribution in [0.4, 0.5) is 0 Å². The summed E-state index contributed by atoms with van der Waals surface area (Å²) < 4.78 is 8.09. The normalized spacial score (nSPS) is 21.7. The van der Waals surface area contributed by atoms with Crippen molar-refractivity contribution in [3.05, 3.63) is 54.1 Å². The third-order valence-corrected chi connectivity index (χ3v) is 4.92. The molecule has 1 fully saturated rings. The number of hydrogen-bond acceptors (Lipinski definition) is 3. The average Bonchev–Trinajstić information content (AvgIpc) is 3.12. The molecule has 1 unspecified atom stereocenters. The van der Waals surface area contributed by atoms with Crippen molar-refractivity contribution in [2.45, 2.75) is 57.7 Å². The number of nitrogens with one attached hydrogen (secondary N) is 1. The zero-order valence-electron chi connectivity index (χ0n) is 15.0. The molecule has 2 heterocycles. The number of imidazole rings is 1. The van der Waals surface area contributed by atoms with E-state index >= 15 is 0 Å². The van der Waals surface area contributed by atoms with E-state index in [0.717, 1.165) is 37.2 Å². The number of amides is 1. The summed E-state index contributed by atoms with van der Waals surface area (Å²) in [6.07, 6.45) is 6.23. The summed E-state index contributed by atoms with van der Waals surface area (Å²) in [5.74, 6) is 0.846. The van der Waals surface area contributed by atoms with Crippen LogP contribution < -0.4 is 5.32 Å². The van der Waals surface area contributed by atoms with Crippen molar-refractivity contribution >= 4 is 5.91 Å². The third-order valence-electron chi connectivity index (χ3n) is 4.92. The van der Waals surface area contributed by atoms with E-state index in [4.69, 9.17) is 4.74 Å². The van der Waals surface area contributed by atoms with E-state index in [-0.39, 0.29) is 24.0 Å². The van der Waals surface area contributed by atoms with Crippen molar-refractivity contribution in [2.24, 2.45) is 0 Å². The first kappa shape index (κ1) is 17.7. The molecule has 0 aliphatic carbocycles. The number of nitrogens with zero attached hydrogens (tertiary/aromatic N) is 2. The molecule has 5 heteroatoms. The Kier molecular flexibility index (Phi) is 5.87. The lowest BCUT2D eigenvalue weighted by Crippen LogP contribution is -2.45. The summed E-state index contributed by atoms with van der Waals surface area (Å²) in [6.45, 7) is 5.70. The molecule has 1 aromatic heterocycles. The van der Waals surface area contributed by atoms with Crippen LogP contribution in [0.25, 0.3) is 0 Å². The highest BCUT2D eigenvalue weighted by atomic mass is 16.5. The SMILES string of the molecule is CCC(C(=O)N[C@H]1CCCO[C@@H]1c1nccn1CC)c1ccccc1.